The molecule has 1 aliphatic carbocycles. The van der Waals surface area contributed by atoms with Crippen LogP contribution in [0.5, 0.6) is 0 Å². The second kappa shape index (κ2) is 2.42. The summed E-state index contributed by atoms with van der Waals surface area (Å²) in [5.74, 6) is 0.335. The van der Waals surface area contributed by atoms with E-state index in [0.717, 1.165) is 13.0 Å². The molecule has 2 heteroatoms. The van der Waals surface area contributed by atoms with Crippen LogP contribution in [-0.2, 0) is 17.6 Å². The molecular weight excluding hydrogens is 162 g/mol. The van der Waals surface area contributed by atoms with Crippen LogP contribution < -0.4 is 5.32 Å². The standard InChI is InChI=1S/C11H11NO/c13-9-6-8-3-1-2-7-4-5-12-11(9)10(7)8/h1-3,11-12H,4-6H2. The molecule has 0 radical (unpaired) electrons. The summed E-state index contributed by atoms with van der Waals surface area (Å²) in [6.45, 7) is 0.937. The highest BCUT2D eigenvalue weighted by molar-refractivity contribution is 5.92. The number of carbonyl (C=O) groups is 1. The normalized spacial score (nSPS) is 24.6. The number of Topliss-reactive ketones (excluding diaryl/α,β-unsaturated/α-hetero) is 1. The van der Waals surface area contributed by atoms with E-state index in [1.165, 1.54) is 16.7 Å². The van der Waals surface area contributed by atoms with Gasteiger partial charge < -0.3 is 5.32 Å². The molecule has 1 aromatic rings. The maximum Gasteiger partial charge on any atom is 0.158 e. The Bertz CT molecular complexity index is 384. The summed E-state index contributed by atoms with van der Waals surface area (Å²) in [5.41, 5.74) is 3.88. The van der Waals surface area contributed by atoms with Gasteiger partial charge in [0.1, 0.15) is 0 Å². The molecule has 0 aromatic heterocycles. The zero-order chi connectivity index (χ0) is 8.84. The number of ketones is 1. The van der Waals surface area contributed by atoms with Crippen molar-refractivity contribution in [1.29, 1.82) is 0 Å². The summed E-state index contributed by atoms with van der Waals surface area (Å²) in [6.07, 6.45) is 1.69. The number of benzene rings is 1. The molecule has 1 heterocycles. The Kier molecular flexibility index (Phi) is 1.35. The topological polar surface area (TPSA) is 29.1 Å². The number of hydrogen-bond acceptors (Lipinski definition) is 2. The minimum absolute atomic E-state index is 0.0138. The van der Waals surface area contributed by atoms with E-state index in [1.54, 1.807) is 0 Å². The second-order valence-electron chi connectivity index (χ2n) is 3.77. The van der Waals surface area contributed by atoms with Crippen LogP contribution in [0, 0.1) is 0 Å². The first kappa shape index (κ1) is 7.27. The summed E-state index contributed by atoms with van der Waals surface area (Å²) >= 11 is 0. The summed E-state index contributed by atoms with van der Waals surface area (Å²) in [4.78, 5) is 11.6. The van der Waals surface area contributed by atoms with Crippen LogP contribution in [0.1, 0.15) is 22.7 Å². The molecule has 3 rings (SSSR count). The van der Waals surface area contributed by atoms with E-state index in [4.69, 9.17) is 0 Å². The Morgan fingerprint density at radius 2 is 2.15 bits per heavy atom. The Balaban J connectivity index is 2.25. The lowest BCUT2D eigenvalue weighted by molar-refractivity contribution is -0.119. The maximum atomic E-state index is 11.6. The summed E-state index contributed by atoms with van der Waals surface area (Å²) in [5, 5.41) is 3.28. The van der Waals surface area contributed by atoms with Crippen LogP contribution in [0.3, 0.4) is 0 Å². The van der Waals surface area contributed by atoms with Gasteiger partial charge in [0.05, 0.1) is 6.04 Å². The van der Waals surface area contributed by atoms with E-state index in [9.17, 15) is 4.79 Å². The number of carbonyl (C=O) groups excluding carboxylic acids is 1. The van der Waals surface area contributed by atoms with Gasteiger partial charge in [-0.05, 0) is 23.1 Å². The molecule has 1 aromatic carbocycles. The third-order valence-corrected chi connectivity index (χ3v) is 3.00. The van der Waals surface area contributed by atoms with Crippen LogP contribution >= 0.6 is 0 Å². The summed E-state index contributed by atoms with van der Waals surface area (Å²) < 4.78 is 0. The van der Waals surface area contributed by atoms with Gasteiger partial charge in [-0.1, -0.05) is 18.2 Å². The highest BCUT2D eigenvalue weighted by Gasteiger charge is 2.33. The van der Waals surface area contributed by atoms with Crippen molar-refractivity contribution >= 4 is 5.78 Å². The molecule has 0 spiro atoms. The van der Waals surface area contributed by atoms with Crippen molar-refractivity contribution in [2.24, 2.45) is 0 Å². The molecule has 0 saturated heterocycles. The fourth-order valence-electron chi connectivity index (χ4n) is 2.43. The van der Waals surface area contributed by atoms with E-state index < -0.39 is 0 Å². The van der Waals surface area contributed by atoms with E-state index in [-0.39, 0.29) is 6.04 Å². The summed E-state index contributed by atoms with van der Waals surface area (Å²) in [7, 11) is 0. The molecule has 13 heavy (non-hydrogen) atoms. The van der Waals surface area contributed by atoms with Crippen molar-refractivity contribution in [3.05, 3.63) is 34.9 Å². The third-order valence-electron chi connectivity index (χ3n) is 3.00. The van der Waals surface area contributed by atoms with Crippen LogP contribution in [0.15, 0.2) is 18.2 Å². The van der Waals surface area contributed by atoms with E-state index in [0.29, 0.717) is 12.2 Å². The molecule has 0 fully saturated rings. The van der Waals surface area contributed by atoms with Crippen molar-refractivity contribution in [3.63, 3.8) is 0 Å². The minimum Gasteiger partial charge on any atom is -0.303 e. The van der Waals surface area contributed by atoms with Crippen LogP contribution in [0.25, 0.3) is 0 Å². The monoisotopic (exact) mass is 173 g/mol. The summed E-state index contributed by atoms with van der Waals surface area (Å²) in [6, 6.07) is 6.30. The van der Waals surface area contributed by atoms with E-state index in [2.05, 4.69) is 23.5 Å². The Morgan fingerprint density at radius 1 is 1.31 bits per heavy atom. The van der Waals surface area contributed by atoms with Gasteiger partial charge in [-0.3, -0.25) is 4.79 Å². The van der Waals surface area contributed by atoms with Crippen molar-refractivity contribution in [1.82, 2.24) is 5.32 Å². The zero-order valence-corrected chi connectivity index (χ0v) is 7.34. The SMILES string of the molecule is O=C1Cc2cccc3c2C1NCC3. The van der Waals surface area contributed by atoms with Gasteiger partial charge in [0.2, 0.25) is 0 Å². The lowest BCUT2D eigenvalue weighted by Crippen LogP contribution is -2.32. The molecule has 1 aliphatic heterocycles. The fourth-order valence-corrected chi connectivity index (χ4v) is 2.43. The predicted octanol–water partition coefficient (Wildman–Crippen LogP) is 0.999. The minimum atomic E-state index is 0.0138. The molecule has 0 amide bonds. The Morgan fingerprint density at radius 3 is 3.08 bits per heavy atom. The van der Waals surface area contributed by atoms with Gasteiger partial charge in [0.15, 0.2) is 5.78 Å². The number of rotatable bonds is 0. The fraction of sp³-hybridized carbons (Fsp3) is 0.364. The quantitative estimate of drug-likeness (QED) is 0.634. The number of hydrogen-bond donors (Lipinski definition) is 1. The Labute approximate surface area is 77.0 Å². The zero-order valence-electron chi connectivity index (χ0n) is 7.34. The highest BCUT2D eigenvalue weighted by Crippen LogP contribution is 2.33. The van der Waals surface area contributed by atoms with Crippen LogP contribution in [0.4, 0.5) is 0 Å². The average Bonchev–Trinajstić information content (AvgIpc) is 2.47. The third kappa shape index (κ3) is 0.893. The molecule has 0 bridgehead atoms. The van der Waals surface area contributed by atoms with Gasteiger partial charge in [-0.2, -0.15) is 0 Å². The molecule has 2 aliphatic rings. The van der Waals surface area contributed by atoms with Gasteiger partial charge in [0.25, 0.3) is 0 Å². The predicted molar refractivity (Wildman–Crippen MR) is 49.6 cm³/mol. The molecule has 2 nitrogen and oxygen atoms in total. The molecule has 66 valence electrons. The first-order chi connectivity index (χ1) is 6.36. The van der Waals surface area contributed by atoms with Gasteiger partial charge in [-0.15, -0.1) is 0 Å². The Hall–Kier alpha value is -1.15. The highest BCUT2D eigenvalue weighted by atomic mass is 16.1. The van der Waals surface area contributed by atoms with E-state index >= 15 is 0 Å². The lowest BCUT2D eigenvalue weighted by Gasteiger charge is -2.21. The van der Waals surface area contributed by atoms with Gasteiger partial charge in [-0.25, -0.2) is 0 Å². The molecular formula is C11H11NO. The van der Waals surface area contributed by atoms with Crippen molar-refractivity contribution in [3.8, 4) is 0 Å². The molecule has 1 unspecified atom stereocenters. The lowest BCUT2D eigenvalue weighted by atomic mass is 9.95. The van der Waals surface area contributed by atoms with E-state index in [1.807, 2.05) is 0 Å². The molecule has 1 N–H and O–H groups in total. The van der Waals surface area contributed by atoms with Gasteiger partial charge in [0, 0.05) is 13.0 Å². The first-order valence-electron chi connectivity index (χ1n) is 4.73. The maximum absolute atomic E-state index is 11.6. The van der Waals surface area contributed by atoms with Crippen molar-refractivity contribution < 1.29 is 4.79 Å². The van der Waals surface area contributed by atoms with Crippen LogP contribution in [-0.4, -0.2) is 12.3 Å². The largest absolute Gasteiger partial charge is 0.303 e. The first-order valence-corrected chi connectivity index (χ1v) is 4.73. The van der Waals surface area contributed by atoms with Crippen molar-refractivity contribution in [2.45, 2.75) is 18.9 Å². The van der Waals surface area contributed by atoms with Crippen LogP contribution in [0.2, 0.25) is 0 Å². The smallest absolute Gasteiger partial charge is 0.158 e. The molecule has 1 atom stereocenters. The molecule has 0 saturated carbocycles. The second-order valence-corrected chi connectivity index (χ2v) is 3.77. The number of nitrogens with one attached hydrogen (secondary N) is 1. The average molecular weight is 173 g/mol. The van der Waals surface area contributed by atoms with Gasteiger partial charge >= 0.3 is 0 Å². The van der Waals surface area contributed by atoms with Crippen molar-refractivity contribution in [2.75, 3.05) is 6.54 Å².